The number of benzene rings is 3. The van der Waals surface area contributed by atoms with Crippen LogP contribution in [0.5, 0.6) is 0 Å². The first-order valence-corrected chi connectivity index (χ1v) is 12.0. The van der Waals surface area contributed by atoms with Gasteiger partial charge in [0.05, 0.1) is 16.3 Å². The van der Waals surface area contributed by atoms with Crippen molar-refractivity contribution in [1.29, 1.82) is 0 Å². The van der Waals surface area contributed by atoms with Crippen LogP contribution in [-0.4, -0.2) is 31.6 Å². The molecular formula is C26H26Cl2N4O2. The van der Waals surface area contributed by atoms with E-state index in [2.05, 4.69) is 20.9 Å². The Hall–Kier alpha value is -3.22. The van der Waals surface area contributed by atoms with Crippen molar-refractivity contribution in [1.82, 2.24) is 5.32 Å². The van der Waals surface area contributed by atoms with Crippen LogP contribution in [-0.2, 0) is 6.42 Å². The summed E-state index contributed by atoms with van der Waals surface area (Å²) in [6, 6.07) is 19.8. The van der Waals surface area contributed by atoms with Gasteiger partial charge in [0.15, 0.2) is 0 Å². The number of rotatable bonds is 7. The quantitative estimate of drug-likeness (QED) is 0.363. The molecule has 8 heteroatoms. The molecular weight excluding hydrogens is 471 g/mol. The Morgan fingerprint density at radius 2 is 1.65 bits per heavy atom. The van der Waals surface area contributed by atoms with Gasteiger partial charge in [0.2, 0.25) is 0 Å². The standard InChI is InChI=1S/C26H26Cl2N4O2/c27-19-8-10-23(22(28)16-19)31-26(34)30-20-9-11-24(32-14-4-5-15-32)21(17-20)25(33)29-13-12-18-6-2-1-3-7-18/h1-3,6-11,16-17H,4-5,12-15H2,(H,29,33)(H2,30,31,34). The van der Waals surface area contributed by atoms with Crippen molar-refractivity contribution in [2.24, 2.45) is 0 Å². The second-order valence-electron chi connectivity index (χ2n) is 8.12. The Balaban J connectivity index is 1.47. The average Bonchev–Trinajstić information content (AvgIpc) is 3.36. The number of carbonyl (C=O) groups excluding carboxylic acids is 2. The summed E-state index contributed by atoms with van der Waals surface area (Å²) in [7, 11) is 0. The molecule has 1 aliphatic rings. The zero-order valence-corrected chi connectivity index (χ0v) is 20.1. The summed E-state index contributed by atoms with van der Waals surface area (Å²) >= 11 is 12.1. The molecule has 3 aromatic rings. The smallest absolute Gasteiger partial charge is 0.323 e. The number of carbonyl (C=O) groups is 2. The predicted octanol–water partition coefficient (Wildman–Crippen LogP) is 6.21. The molecule has 1 heterocycles. The van der Waals surface area contributed by atoms with Crippen LogP contribution in [0.3, 0.4) is 0 Å². The molecule has 1 aliphatic heterocycles. The third-order valence-electron chi connectivity index (χ3n) is 5.67. The van der Waals surface area contributed by atoms with E-state index in [1.54, 1.807) is 30.3 Å². The van der Waals surface area contributed by atoms with E-state index in [0.29, 0.717) is 33.5 Å². The zero-order chi connectivity index (χ0) is 23.9. The van der Waals surface area contributed by atoms with E-state index in [-0.39, 0.29) is 5.91 Å². The average molecular weight is 497 g/mol. The molecule has 0 spiro atoms. The number of hydrogen-bond donors (Lipinski definition) is 3. The van der Waals surface area contributed by atoms with E-state index >= 15 is 0 Å². The van der Waals surface area contributed by atoms with Crippen molar-refractivity contribution < 1.29 is 9.59 Å². The number of amides is 3. The lowest BCUT2D eigenvalue weighted by Crippen LogP contribution is -2.29. The second kappa shape index (κ2) is 11.3. The van der Waals surface area contributed by atoms with Gasteiger partial charge in [0.25, 0.3) is 5.91 Å². The molecule has 34 heavy (non-hydrogen) atoms. The molecule has 1 fully saturated rings. The lowest BCUT2D eigenvalue weighted by molar-refractivity contribution is 0.0954. The fraction of sp³-hybridized carbons (Fsp3) is 0.231. The Bertz CT molecular complexity index is 1160. The first-order valence-electron chi connectivity index (χ1n) is 11.2. The van der Waals surface area contributed by atoms with Crippen LogP contribution in [0.15, 0.2) is 66.7 Å². The Morgan fingerprint density at radius 1 is 0.882 bits per heavy atom. The normalized spacial score (nSPS) is 12.9. The molecule has 0 saturated carbocycles. The third-order valence-corrected chi connectivity index (χ3v) is 6.21. The first kappa shape index (κ1) is 23.9. The van der Waals surface area contributed by atoms with Crippen molar-refractivity contribution in [3.05, 3.63) is 87.9 Å². The van der Waals surface area contributed by atoms with Gasteiger partial charge in [-0.1, -0.05) is 53.5 Å². The summed E-state index contributed by atoms with van der Waals surface area (Å²) in [5, 5.41) is 9.33. The fourth-order valence-electron chi connectivity index (χ4n) is 3.97. The lowest BCUT2D eigenvalue weighted by atomic mass is 10.1. The van der Waals surface area contributed by atoms with Crippen molar-refractivity contribution in [2.45, 2.75) is 19.3 Å². The minimum atomic E-state index is -0.464. The molecule has 0 unspecified atom stereocenters. The maximum atomic E-state index is 13.1. The van der Waals surface area contributed by atoms with E-state index in [4.69, 9.17) is 23.2 Å². The summed E-state index contributed by atoms with van der Waals surface area (Å²) in [5.74, 6) is -0.164. The zero-order valence-electron chi connectivity index (χ0n) is 18.6. The number of hydrogen-bond acceptors (Lipinski definition) is 3. The van der Waals surface area contributed by atoms with E-state index in [1.165, 1.54) is 0 Å². The van der Waals surface area contributed by atoms with Crippen LogP contribution >= 0.6 is 23.2 Å². The highest BCUT2D eigenvalue weighted by Gasteiger charge is 2.20. The van der Waals surface area contributed by atoms with E-state index in [0.717, 1.165) is 43.6 Å². The number of nitrogens with zero attached hydrogens (tertiary/aromatic N) is 1. The molecule has 176 valence electrons. The van der Waals surface area contributed by atoms with Gasteiger partial charge in [0.1, 0.15) is 0 Å². The highest BCUT2D eigenvalue weighted by Crippen LogP contribution is 2.29. The largest absolute Gasteiger partial charge is 0.371 e. The van der Waals surface area contributed by atoms with Gasteiger partial charge in [-0.25, -0.2) is 4.79 Å². The van der Waals surface area contributed by atoms with Crippen LogP contribution < -0.4 is 20.9 Å². The predicted molar refractivity (Wildman–Crippen MR) is 139 cm³/mol. The van der Waals surface area contributed by atoms with Crippen LogP contribution in [0.1, 0.15) is 28.8 Å². The molecule has 0 aromatic heterocycles. The van der Waals surface area contributed by atoms with Gasteiger partial charge in [-0.05, 0) is 61.2 Å². The summed E-state index contributed by atoms with van der Waals surface area (Å²) < 4.78 is 0. The van der Waals surface area contributed by atoms with E-state index < -0.39 is 6.03 Å². The summed E-state index contributed by atoms with van der Waals surface area (Å²) in [6.45, 7) is 2.34. The summed E-state index contributed by atoms with van der Waals surface area (Å²) in [6.07, 6.45) is 2.94. The second-order valence-corrected chi connectivity index (χ2v) is 8.96. The monoisotopic (exact) mass is 496 g/mol. The topological polar surface area (TPSA) is 73.5 Å². The molecule has 3 N–H and O–H groups in total. The van der Waals surface area contributed by atoms with Gasteiger partial charge in [-0.15, -0.1) is 0 Å². The highest BCUT2D eigenvalue weighted by molar-refractivity contribution is 6.36. The van der Waals surface area contributed by atoms with Crippen molar-refractivity contribution >= 4 is 52.2 Å². The molecule has 0 bridgehead atoms. The van der Waals surface area contributed by atoms with Crippen LogP contribution in [0.25, 0.3) is 0 Å². The van der Waals surface area contributed by atoms with Crippen molar-refractivity contribution in [2.75, 3.05) is 35.2 Å². The number of nitrogens with one attached hydrogen (secondary N) is 3. The van der Waals surface area contributed by atoms with E-state index in [9.17, 15) is 9.59 Å². The Morgan fingerprint density at radius 3 is 2.38 bits per heavy atom. The molecule has 3 amide bonds. The molecule has 1 saturated heterocycles. The maximum absolute atomic E-state index is 13.1. The van der Waals surface area contributed by atoms with Crippen LogP contribution in [0.2, 0.25) is 10.0 Å². The minimum Gasteiger partial charge on any atom is -0.371 e. The minimum absolute atomic E-state index is 0.164. The van der Waals surface area contributed by atoms with E-state index in [1.807, 2.05) is 36.4 Å². The van der Waals surface area contributed by atoms with Crippen LogP contribution in [0, 0.1) is 0 Å². The number of halogens is 2. The van der Waals surface area contributed by atoms with Gasteiger partial charge < -0.3 is 20.9 Å². The molecule has 4 rings (SSSR count). The van der Waals surface area contributed by atoms with Gasteiger partial charge in [-0.2, -0.15) is 0 Å². The maximum Gasteiger partial charge on any atom is 0.323 e. The van der Waals surface area contributed by atoms with Gasteiger partial charge in [-0.3, -0.25) is 4.79 Å². The lowest BCUT2D eigenvalue weighted by Gasteiger charge is -2.22. The first-order chi connectivity index (χ1) is 16.5. The molecule has 0 radical (unpaired) electrons. The summed E-state index contributed by atoms with van der Waals surface area (Å²) in [4.78, 5) is 27.9. The molecule has 0 aliphatic carbocycles. The van der Waals surface area contributed by atoms with Crippen LogP contribution in [0.4, 0.5) is 21.9 Å². The third kappa shape index (κ3) is 6.22. The number of anilines is 3. The highest BCUT2D eigenvalue weighted by atomic mass is 35.5. The SMILES string of the molecule is O=C(Nc1ccc(N2CCCC2)c(C(=O)NCCc2ccccc2)c1)Nc1ccc(Cl)cc1Cl. The summed E-state index contributed by atoms with van der Waals surface area (Å²) in [5.41, 5.74) is 3.53. The van der Waals surface area contributed by atoms with Crippen molar-refractivity contribution in [3.63, 3.8) is 0 Å². The van der Waals surface area contributed by atoms with Gasteiger partial charge in [0, 0.05) is 36.0 Å². The molecule has 3 aromatic carbocycles. The Kier molecular flexibility index (Phi) is 7.93. The number of urea groups is 1. The van der Waals surface area contributed by atoms with Gasteiger partial charge >= 0.3 is 6.03 Å². The Labute approximate surface area is 209 Å². The molecule has 6 nitrogen and oxygen atoms in total. The fourth-order valence-corrected chi connectivity index (χ4v) is 4.42. The molecule has 0 atom stereocenters. The van der Waals surface area contributed by atoms with Crippen molar-refractivity contribution in [3.8, 4) is 0 Å².